The van der Waals surface area contributed by atoms with E-state index in [1.807, 2.05) is 22.7 Å². The van der Waals surface area contributed by atoms with Crippen molar-refractivity contribution in [2.24, 2.45) is 5.41 Å². The highest BCUT2D eigenvalue weighted by atomic mass is 19.4. The number of carbonyl (C=O) groups excluding carboxylic acids is 2. The molecule has 42 heavy (non-hydrogen) atoms. The number of nitrogens with zero attached hydrogens (tertiary/aromatic N) is 5. The maximum Gasteiger partial charge on any atom is 0.405 e. The van der Waals surface area contributed by atoms with Crippen molar-refractivity contribution in [1.82, 2.24) is 29.7 Å². The second-order valence-electron chi connectivity index (χ2n) is 11.0. The number of nitrogen functional groups attached to an aromatic ring is 1. The molecular weight excluding hydrogens is 549 g/mol. The number of carbonyl (C=O) groups is 2. The molecule has 1 saturated heterocycles. The van der Waals surface area contributed by atoms with Gasteiger partial charge in [0, 0.05) is 41.5 Å². The lowest BCUT2D eigenvalue weighted by molar-refractivity contribution is -0.137. The molecule has 1 aromatic carbocycles. The SMILES string of the molecule is C=C/C(=C\c1ncc(-c2cccc(NC(=O)NCC(F)(F)F)c2)n1N)c1cnn(C2CCN(C(=O)C3(C)CC3)CC2)c1. The quantitative estimate of drug-likeness (QED) is 0.259. The van der Waals surface area contributed by atoms with E-state index in [-0.39, 0.29) is 17.4 Å². The molecule has 4 N–H and O–H groups in total. The first-order valence-corrected chi connectivity index (χ1v) is 13.7. The Bertz CT molecular complexity index is 1510. The van der Waals surface area contributed by atoms with E-state index >= 15 is 0 Å². The molecule has 5 rings (SSSR count). The Morgan fingerprint density at radius 2 is 1.95 bits per heavy atom. The normalized spacial score (nSPS) is 17.1. The molecule has 13 heteroatoms. The van der Waals surface area contributed by atoms with Crippen molar-refractivity contribution in [2.45, 2.75) is 44.8 Å². The maximum atomic E-state index is 12.7. The van der Waals surface area contributed by atoms with Crippen LogP contribution in [0.2, 0.25) is 0 Å². The molecule has 2 fully saturated rings. The predicted octanol–water partition coefficient (Wildman–Crippen LogP) is 4.83. The van der Waals surface area contributed by atoms with Gasteiger partial charge in [-0.15, -0.1) is 0 Å². The molecular formula is C29H33F3N8O2. The van der Waals surface area contributed by atoms with E-state index in [1.54, 1.807) is 54.1 Å². The van der Waals surface area contributed by atoms with Gasteiger partial charge in [0.05, 0.1) is 24.1 Å². The summed E-state index contributed by atoms with van der Waals surface area (Å²) < 4.78 is 40.4. The molecule has 3 aromatic rings. The van der Waals surface area contributed by atoms with Gasteiger partial charge in [-0.1, -0.05) is 31.7 Å². The van der Waals surface area contributed by atoms with Gasteiger partial charge in [-0.3, -0.25) is 9.48 Å². The third-order valence-corrected chi connectivity index (χ3v) is 7.77. The highest BCUT2D eigenvalue weighted by Gasteiger charge is 2.47. The van der Waals surface area contributed by atoms with E-state index in [2.05, 4.69) is 22.0 Å². The Morgan fingerprint density at radius 1 is 1.21 bits per heavy atom. The highest BCUT2D eigenvalue weighted by Crippen LogP contribution is 2.47. The zero-order valence-corrected chi connectivity index (χ0v) is 23.2. The van der Waals surface area contributed by atoms with Gasteiger partial charge in [0.25, 0.3) is 0 Å². The number of aromatic nitrogens is 4. The summed E-state index contributed by atoms with van der Waals surface area (Å²) in [4.78, 5) is 30.9. The van der Waals surface area contributed by atoms with Crippen molar-refractivity contribution < 1.29 is 22.8 Å². The van der Waals surface area contributed by atoms with Crippen LogP contribution in [0.5, 0.6) is 0 Å². The lowest BCUT2D eigenvalue weighted by Crippen LogP contribution is -2.42. The van der Waals surface area contributed by atoms with Crippen molar-refractivity contribution in [3.05, 3.63) is 66.9 Å². The first-order chi connectivity index (χ1) is 20.0. The molecule has 10 nitrogen and oxygen atoms in total. The monoisotopic (exact) mass is 582 g/mol. The van der Waals surface area contributed by atoms with Gasteiger partial charge in [0.15, 0.2) is 5.82 Å². The van der Waals surface area contributed by atoms with Crippen LogP contribution in [0.25, 0.3) is 22.9 Å². The number of allylic oxidation sites excluding steroid dienone is 2. The summed E-state index contributed by atoms with van der Waals surface area (Å²) in [6.07, 6.45) is 7.88. The number of amides is 3. The van der Waals surface area contributed by atoms with E-state index in [0.29, 0.717) is 22.8 Å². The topological polar surface area (TPSA) is 123 Å². The molecule has 0 atom stereocenters. The number of hydrogen-bond acceptors (Lipinski definition) is 5. The fraction of sp³-hybridized carbons (Fsp3) is 0.379. The third-order valence-electron chi connectivity index (χ3n) is 7.77. The summed E-state index contributed by atoms with van der Waals surface area (Å²) in [5.74, 6) is 7.06. The van der Waals surface area contributed by atoms with E-state index in [1.165, 1.54) is 4.68 Å². The number of benzene rings is 1. The van der Waals surface area contributed by atoms with Crippen LogP contribution in [0.15, 0.2) is 55.5 Å². The fourth-order valence-electron chi connectivity index (χ4n) is 5.01. The number of nitrogens with two attached hydrogens (primary N) is 1. The number of halogens is 3. The van der Waals surface area contributed by atoms with Crippen molar-refractivity contribution in [2.75, 3.05) is 30.8 Å². The van der Waals surface area contributed by atoms with Crippen LogP contribution in [-0.2, 0) is 4.79 Å². The minimum absolute atomic E-state index is 0.153. The number of piperidine rings is 1. The summed E-state index contributed by atoms with van der Waals surface area (Å²) in [6.45, 7) is 5.99. The first-order valence-electron chi connectivity index (χ1n) is 13.7. The van der Waals surface area contributed by atoms with Crippen LogP contribution in [-0.4, -0.2) is 62.1 Å². The van der Waals surface area contributed by atoms with Crippen LogP contribution < -0.4 is 16.5 Å². The third kappa shape index (κ3) is 6.50. The average molecular weight is 583 g/mol. The zero-order valence-electron chi connectivity index (χ0n) is 23.2. The number of anilines is 1. The highest BCUT2D eigenvalue weighted by molar-refractivity contribution is 5.90. The van der Waals surface area contributed by atoms with Crippen molar-refractivity contribution in [3.8, 4) is 11.3 Å². The number of imidazole rings is 1. The minimum Gasteiger partial charge on any atom is -0.342 e. The second kappa shape index (κ2) is 11.4. The number of hydrogen-bond donors (Lipinski definition) is 3. The average Bonchev–Trinajstić information content (AvgIpc) is 3.36. The van der Waals surface area contributed by atoms with E-state index < -0.39 is 18.8 Å². The van der Waals surface area contributed by atoms with Crippen molar-refractivity contribution in [1.29, 1.82) is 0 Å². The standard InChI is InChI=1S/C29H33F3N8O2/c1-3-19(21-15-36-39(17-21)23-7-11-38(12-8-23)26(41)28(2)9-10-28)14-25-34-16-24(40(25)33)20-5-4-6-22(13-20)37-27(42)35-18-29(30,31)32/h3-6,13-17,23H,1,7-12,18,33H2,2H3,(H2,35,37,42)/b19-14+. The summed E-state index contributed by atoms with van der Waals surface area (Å²) >= 11 is 0. The Hall–Kier alpha value is -4.55. The summed E-state index contributed by atoms with van der Waals surface area (Å²) in [5, 5.41) is 8.74. The Kier molecular flexibility index (Phi) is 7.85. The molecule has 1 aliphatic carbocycles. The van der Waals surface area contributed by atoms with Gasteiger partial charge in [-0.2, -0.15) is 18.3 Å². The smallest absolute Gasteiger partial charge is 0.342 e. The molecule has 3 heterocycles. The summed E-state index contributed by atoms with van der Waals surface area (Å²) in [5.41, 5.74) is 2.87. The lowest BCUT2D eigenvalue weighted by Gasteiger charge is -2.33. The van der Waals surface area contributed by atoms with Crippen LogP contribution >= 0.6 is 0 Å². The van der Waals surface area contributed by atoms with Crippen LogP contribution in [0.1, 0.15) is 50.0 Å². The largest absolute Gasteiger partial charge is 0.405 e. The van der Waals surface area contributed by atoms with E-state index in [0.717, 1.165) is 49.9 Å². The zero-order chi connectivity index (χ0) is 30.1. The molecule has 1 aliphatic heterocycles. The number of likely N-dealkylation sites (tertiary alicyclic amines) is 1. The van der Waals surface area contributed by atoms with Gasteiger partial charge in [0.1, 0.15) is 6.54 Å². The van der Waals surface area contributed by atoms with Gasteiger partial charge in [0.2, 0.25) is 5.91 Å². The first kappa shape index (κ1) is 29.0. The van der Waals surface area contributed by atoms with Crippen LogP contribution in [0.4, 0.5) is 23.7 Å². The molecule has 222 valence electrons. The number of rotatable bonds is 8. The molecule has 1 saturated carbocycles. The number of alkyl halides is 3. The van der Waals surface area contributed by atoms with Gasteiger partial charge < -0.3 is 21.4 Å². The molecule has 2 aromatic heterocycles. The fourth-order valence-corrected chi connectivity index (χ4v) is 5.01. The van der Waals surface area contributed by atoms with E-state index in [9.17, 15) is 22.8 Å². The predicted molar refractivity (Wildman–Crippen MR) is 153 cm³/mol. The number of urea groups is 1. The molecule has 0 spiro atoms. The molecule has 0 radical (unpaired) electrons. The van der Waals surface area contributed by atoms with Gasteiger partial charge in [-0.25, -0.2) is 14.5 Å². The second-order valence-corrected chi connectivity index (χ2v) is 11.0. The lowest BCUT2D eigenvalue weighted by atomic mass is 10.0. The Morgan fingerprint density at radius 3 is 2.62 bits per heavy atom. The van der Waals surface area contributed by atoms with Gasteiger partial charge >= 0.3 is 12.2 Å². The summed E-state index contributed by atoms with van der Waals surface area (Å²) in [7, 11) is 0. The molecule has 0 bridgehead atoms. The maximum absolute atomic E-state index is 12.7. The Balaban J connectivity index is 1.26. The van der Waals surface area contributed by atoms with Crippen molar-refractivity contribution >= 4 is 29.3 Å². The van der Waals surface area contributed by atoms with Crippen LogP contribution in [0.3, 0.4) is 0 Å². The van der Waals surface area contributed by atoms with E-state index in [4.69, 9.17) is 5.84 Å². The summed E-state index contributed by atoms with van der Waals surface area (Å²) in [6, 6.07) is 5.75. The minimum atomic E-state index is -4.51. The molecule has 0 unspecified atom stereocenters. The Labute approximate surface area is 241 Å². The molecule has 3 amide bonds. The molecule has 2 aliphatic rings. The van der Waals surface area contributed by atoms with Crippen LogP contribution in [0, 0.1) is 5.41 Å². The number of nitrogens with one attached hydrogen (secondary N) is 2. The van der Waals surface area contributed by atoms with Crippen molar-refractivity contribution in [3.63, 3.8) is 0 Å². The van der Waals surface area contributed by atoms with Gasteiger partial charge in [-0.05, 0) is 49.5 Å².